The molecule has 4 rings (SSSR count). The van der Waals surface area contributed by atoms with E-state index < -0.39 is 11.8 Å². The third kappa shape index (κ3) is 5.65. The van der Waals surface area contributed by atoms with Crippen molar-refractivity contribution >= 4 is 17.5 Å². The van der Waals surface area contributed by atoms with Crippen molar-refractivity contribution in [1.82, 2.24) is 15.5 Å². The van der Waals surface area contributed by atoms with Gasteiger partial charge in [0.2, 0.25) is 0 Å². The molecule has 1 aromatic carbocycles. The number of anilines is 1. The summed E-state index contributed by atoms with van der Waals surface area (Å²) in [6, 6.07) is 14.0. The highest BCUT2D eigenvalue weighted by atomic mass is 16.5. The Morgan fingerprint density at radius 1 is 1.00 bits per heavy atom. The topological polar surface area (TPSA) is 87.0 Å². The molecule has 166 valence electrons. The summed E-state index contributed by atoms with van der Waals surface area (Å²) >= 11 is 0. The summed E-state index contributed by atoms with van der Waals surface area (Å²) < 4.78 is 11.1. The van der Waals surface area contributed by atoms with Crippen molar-refractivity contribution in [2.75, 3.05) is 50.8 Å². The van der Waals surface area contributed by atoms with E-state index in [0.29, 0.717) is 13.1 Å². The van der Waals surface area contributed by atoms with E-state index in [2.05, 4.69) is 32.6 Å². The summed E-state index contributed by atoms with van der Waals surface area (Å²) in [5.74, 6) is -0.465. The van der Waals surface area contributed by atoms with Crippen molar-refractivity contribution in [3.8, 4) is 0 Å². The minimum absolute atomic E-state index is 0.00790. The van der Waals surface area contributed by atoms with Crippen LogP contribution in [-0.2, 0) is 14.3 Å². The second-order valence-electron chi connectivity index (χ2n) is 7.94. The second kappa shape index (κ2) is 10.5. The highest BCUT2D eigenvalue weighted by Gasteiger charge is 2.28. The van der Waals surface area contributed by atoms with Crippen molar-refractivity contribution in [3.05, 3.63) is 54.5 Å². The first-order valence-electron chi connectivity index (χ1n) is 11.0. The Morgan fingerprint density at radius 2 is 1.77 bits per heavy atom. The third-order valence-corrected chi connectivity index (χ3v) is 5.92. The number of nitrogens with zero attached hydrogens (tertiary/aromatic N) is 2. The molecule has 2 aliphatic heterocycles. The van der Waals surface area contributed by atoms with Crippen LogP contribution in [0.4, 0.5) is 5.69 Å². The van der Waals surface area contributed by atoms with E-state index in [9.17, 15) is 9.59 Å². The summed E-state index contributed by atoms with van der Waals surface area (Å²) in [7, 11) is 0. The summed E-state index contributed by atoms with van der Waals surface area (Å²) in [6.07, 6.45) is 3.55. The molecule has 2 aliphatic rings. The van der Waals surface area contributed by atoms with Gasteiger partial charge >= 0.3 is 11.8 Å². The van der Waals surface area contributed by atoms with Crippen LogP contribution in [0.2, 0.25) is 0 Å². The Labute approximate surface area is 182 Å². The molecule has 2 fully saturated rings. The number of nitrogens with one attached hydrogen (secondary N) is 2. The molecule has 2 amide bonds. The molecular weight excluding hydrogens is 396 g/mol. The molecule has 8 nitrogen and oxygen atoms in total. The zero-order valence-corrected chi connectivity index (χ0v) is 17.7. The molecule has 2 N–H and O–H groups in total. The van der Waals surface area contributed by atoms with Crippen molar-refractivity contribution in [2.24, 2.45) is 0 Å². The van der Waals surface area contributed by atoms with Gasteiger partial charge in [-0.3, -0.25) is 14.5 Å². The fourth-order valence-electron chi connectivity index (χ4n) is 4.18. The lowest BCUT2D eigenvalue weighted by Crippen LogP contribution is -2.51. The van der Waals surface area contributed by atoms with E-state index in [4.69, 9.17) is 9.15 Å². The first-order chi connectivity index (χ1) is 15.2. The molecule has 0 aliphatic carbocycles. The first kappa shape index (κ1) is 21.4. The molecule has 31 heavy (non-hydrogen) atoms. The number of amides is 2. The monoisotopic (exact) mass is 426 g/mol. The van der Waals surface area contributed by atoms with Crippen LogP contribution in [0.3, 0.4) is 0 Å². The number of rotatable bonds is 7. The van der Waals surface area contributed by atoms with Gasteiger partial charge in [-0.05, 0) is 37.1 Å². The number of hydrogen-bond donors (Lipinski definition) is 2. The molecule has 0 radical (unpaired) electrons. The lowest BCUT2D eigenvalue weighted by molar-refractivity contribution is -0.139. The molecule has 2 atom stereocenters. The summed E-state index contributed by atoms with van der Waals surface area (Å²) in [6.45, 7) is 4.84. The SMILES string of the molecule is O=C(NC[C@H]1CCCO1)C(=O)NC[C@H](c1ccco1)N1CCN(c2ccccc2)CC1. The van der Waals surface area contributed by atoms with Crippen molar-refractivity contribution in [2.45, 2.75) is 25.0 Å². The van der Waals surface area contributed by atoms with Gasteiger partial charge in [0.25, 0.3) is 0 Å². The fraction of sp³-hybridized carbons (Fsp3) is 0.478. The standard InChI is InChI=1S/C23H30N4O4/c28-22(24-16-19-8-4-14-30-19)23(29)25-17-20(21-9-5-15-31-21)27-12-10-26(11-13-27)18-6-2-1-3-7-18/h1-3,5-7,9,15,19-20H,4,8,10-14,16-17H2,(H,24,28)(H,25,29)/t19-,20-/m1/s1. The molecule has 3 heterocycles. The maximum absolute atomic E-state index is 12.3. The highest BCUT2D eigenvalue weighted by Crippen LogP contribution is 2.24. The molecule has 0 saturated carbocycles. The van der Waals surface area contributed by atoms with Crippen LogP contribution in [0.1, 0.15) is 24.6 Å². The number of furan rings is 1. The van der Waals surface area contributed by atoms with Gasteiger partial charge in [-0.1, -0.05) is 18.2 Å². The number of ether oxygens (including phenoxy) is 1. The van der Waals surface area contributed by atoms with Gasteiger partial charge in [-0.2, -0.15) is 0 Å². The molecule has 0 unspecified atom stereocenters. The number of carbonyl (C=O) groups excluding carboxylic acids is 2. The number of para-hydroxylation sites is 1. The number of benzene rings is 1. The molecule has 2 saturated heterocycles. The average molecular weight is 427 g/mol. The van der Waals surface area contributed by atoms with Gasteiger partial charge in [0.15, 0.2) is 0 Å². The number of carbonyl (C=O) groups is 2. The van der Waals surface area contributed by atoms with Gasteiger partial charge in [0.05, 0.1) is 18.4 Å². The Hall–Kier alpha value is -2.84. The van der Waals surface area contributed by atoms with Gasteiger partial charge in [-0.15, -0.1) is 0 Å². The van der Waals surface area contributed by atoms with E-state index in [1.807, 2.05) is 30.3 Å². The predicted octanol–water partition coefficient (Wildman–Crippen LogP) is 1.55. The smallest absolute Gasteiger partial charge is 0.309 e. The predicted molar refractivity (Wildman–Crippen MR) is 117 cm³/mol. The van der Waals surface area contributed by atoms with E-state index >= 15 is 0 Å². The summed E-state index contributed by atoms with van der Waals surface area (Å²) in [5.41, 5.74) is 1.22. The molecule has 0 bridgehead atoms. The average Bonchev–Trinajstić information content (AvgIpc) is 3.53. The van der Waals surface area contributed by atoms with Crippen molar-refractivity contribution in [3.63, 3.8) is 0 Å². The van der Waals surface area contributed by atoms with E-state index in [-0.39, 0.29) is 12.1 Å². The normalized spacial score (nSPS) is 20.4. The molecule has 1 aromatic heterocycles. The van der Waals surface area contributed by atoms with Gasteiger partial charge in [-0.25, -0.2) is 0 Å². The molecule has 8 heteroatoms. The van der Waals surface area contributed by atoms with Crippen LogP contribution in [0.15, 0.2) is 53.1 Å². The van der Waals surface area contributed by atoms with Crippen LogP contribution < -0.4 is 15.5 Å². The zero-order valence-electron chi connectivity index (χ0n) is 17.7. The van der Waals surface area contributed by atoms with Gasteiger partial charge < -0.3 is 24.7 Å². The highest BCUT2D eigenvalue weighted by molar-refractivity contribution is 6.35. The number of piperazine rings is 1. The minimum Gasteiger partial charge on any atom is -0.468 e. The second-order valence-corrected chi connectivity index (χ2v) is 7.94. The third-order valence-electron chi connectivity index (χ3n) is 5.92. The minimum atomic E-state index is -0.627. The number of hydrogen-bond acceptors (Lipinski definition) is 6. The van der Waals surface area contributed by atoms with Crippen molar-refractivity contribution in [1.29, 1.82) is 0 Å². The zero-order chi connectivity index (χ0) is 21.5. The summed E-state index contributed by atoms with van der Waals surface area (Å²) in [4.78, 5) is 29.1. The van der Waals surface area contributed by atoms with E-state index in [0.717, 1.165) is 51.4 Å². The van der Waals surface area contributed by atoms with E-state index in [1.54, 1.807) is 6.26 Å². The maximum Gasteiger partial charge on any atom is 0.309 e. The Kier molecular flexibility index (Phi) is 7.22. The van der Waals surface area contributed by atoms with Crippen molar-refractivity contribution < 1.29 is 18.7 Å². The lowest BCUT2D eigenvalue weighted by atomic mass is 10.1. The van der Waals surface area contributed by atoms with E-state index in [1.165, 1.54) is 5.69 Å². The van der Waals surface area contributed by atoms with Crippen LogP contribution >= 0.6 is 0 Å². The first-order valence-corrected chi connectivity index (χ1v) is 11.0. The van der Waals surface area contributed by atoms with Crippen LogP contribution in [0.25, 0.3) is 0 Å². The van der Waals surface area contributed by atoms with Gasteiger partial charge in [0.1, 0.15) is 5.76 Å². The molecule has 2 aromatic rings. The quantitative estimate of drug-likeness (QED) is 0.654. The fourth-order valence-corrected chi connectivity index (χ4v) is 4.18. The lowest BCUT2D eigenvalue weighted by Gasteiger charge is -2.39. The van der Waals surface area contributed by atoms with Crippen LogP contribution in [0.5, 0.6) is 0 Å². The largest absolute Gasteiger partial charge is 0.468 e. The van der Waals surface area contributed by atoms with Gasteiger partial charge in [0, 0.05) is 51.6 Å². The maximum atomic E-state index is 12.3. The molecular formula is C23H30N4O4. The van der Waals surface area contributed by atoms with Crippen LogP contribution in [0, 0.1) is 0 Å². The summed E-state index contributed by atoms with van der Waals surface area (Å²) in [5, 5.41) is 5.45. The molecule has 0 spiro atoms. The Balaban J connectivity index is 1.30. The Bertz CT molecular complexity index is 829. The Morgan fingerprint density at radius 3 is 2.45 bits per heavy atom. The van der Waals surface area contributed by atoms with Crippen LogP contribution in [-0.4, -0.2) is 68.7 Å².